The predicted molar refractivity (Wildman–Crippen MR) is 65.7 cm³/mol. The van der Waals surface area contributed by atoms with E-state index in [9.17, 15) is 22.4 Å². The highest BCUT2D eigenvalue weighted by Gasteiger charge is 2.16. The summed E-state index contributed by atoms with van der Waals surface area (Å²) in [7, 11) is 0. The largest absolute Gasteiger partial charge is 0.319 e. The molecule has 2 aromatic rings. The SMILES string of the molecule is O=C(Nc1cc(F)c(F)cc1F)c1cc(Cl)ccc1F. The van der Waals surface area contributed by atoms with Crippen LogP contribution in [0.3, 0.4) is 0 Å². The van der Waals surface area contributed by atoms with E-state index < -0.39 is 40.4 Å². The molecule has 104 valence electrons. The van der Waals surface area contributed by atoms with E-state index in [0.29, 0.717) is 6.07 Å². The Morgan fingerprint density at radius 3 is 2.25 bits per heavy atom. The van der Waals surface area contributed by atoms with Gasteiger partial charge in [0.1, 0.15) is 11.6 Å². The fraction of sp³-hybridized carbons (Fsp3) is 0. The van der Waals surface area contributed by atoms with Gasteiger partial charge in [0.25, 0.3) is 5.91 Å². The second-order valence-electron chi connectivity index (χ2n) is 3.82. The highest BCUT2D eigenvalue weighted by Crippen LogP contribution is 2.21. The Labute approximate surface area is 116 Å². The number of anilines is 1. The van der Waals surface area contributed by atoms with Crippen LogP contribution in [0.4, 0.5) is 23.2 Å². The molecule has 0 aliphatic rings. The van der Waals surface area contributed by atoms with Crippen LogP contribution in [0.2, 0.25) is 5.02 Å². The Bertz CT molecular complexity index is 690. The van der Waals surface area contributed by atoms with E-state index in [1.807, 2.05) is 5.32 Å². The summed E-state index contributed by atoms with van der Waals surface area (Å²) in [6.07, 6.45) is 0. The van der Waals surface area contributed by atoms with Crippen molar-refractivity contribution < 1.29 is 22.4 Å². The molecule has 0 fully saturated rings. The number of carbonyl (C=O) groups excluding carboxylic acids is 1. The molecule has 0 radical (unpaired) electrons. The van der Waals surface area contributed by atoms with Crippen LogP contribution in [0.5, 0.6) is 0 Å². The average Bonchev–Trinajstić information content (AvgIpc) is 2.38. The fourth-order valence-electron chi connectivity index (χ4n) is 1.48. The number of carbonyl (C=O) groups is 1. The third kappa shape index (κ3) is 2.91. The van der Waals surface area contributed by atoms with Gasteiger partial charge in [-0.15, -0.1) is 0 Å². The number of nitrogens with one attached hydrogen (secondary N) is 1. The molecule has 0 atom stereocenters. The zero-order chi connectivity index (χ0) is 14.9. The molecule has 20 heavy (non-hydrogen) atoms. The Morgan fingerprint density at radius 1 is 0.900 bits per heavy atom. The number of benzene rings is 2. The summed E-state index contributed by atoms with van der Waals surface area (Å²) < 4.78 is 52.5. The van der Waals surface area contributed by atoms with Gasteiger partial charge in [-0.2, -0.15) is 0 Å². The summed E-state index contributed by atoms with van der Waals surface area (Å²) in [5, 5.41) is 2.04. The van der Waals surface area contributed by atoms with E-state index in [-0.39, 0.29) is 11.1 Å². The van der Waals surface area contributed by atoms with Crippen molar-refractivity contribution in [3.63, 3.8) is 0 Å². The molecule has 0 aliphatic heterocycles. The van der Waals surface area contributed by atoms with E-state index in [4.69, 9.17) is 11.6 Å². The summed E-state index contributed by atoms with van der Waals surface area (Å²) in [6.45, 7) is 0. The van der Waals surface area contributed by atoms with Crippen molar-refractivity contribution in [2.75, 3.05) is 5.32 Å². The lowest BCUT2D eigenvalue weighted by molar-refractivity contribution is 0.102. The molecule has 0 heterocycles. The minimum absolute atomic E-state index is 0.0994. The normalized spacial score (nSPS) is 10.4. The number of rotatable bonds is 2. The van der Waals surface area contributed by atoms with Gasteiger partial charge in [-0.25, -0.2) is 17.6 Å². The van der Waals surface area contributed by atoms with Gasteiger partial charge < -0.3 is 5.32 Å². The van der Waals surface area contributed by atoms with E-state index in [2.05, 4.69) is 0 Å². The molecule has 2 nitrogen and oxygen atoms in total. The molecule has 0 bridgehead atoms. The molecule has 0 aliphatic carbocycles. The molecule has 1 amide bonds. The fourth-order valence-corrected chi connectivity index (χ4v) is 1.65. The summed E-state index contributed by atoms with van der Waals surface area (Å²) in [5.41, 5.74) is -1.05. The molecule has 0 saturated heterocycles. The van der Waals surface area contributed by atoms with Crippen molar-refractivity contribution in [2.24, 2.45) is 0 Å². The van der Waals surface area contributed by atoms with Gasteiger partial charge in [0, 0.05) is 17.2 Å². The summed E-state index contributed by atoms with van der Waals surface area (Å²) >= 11 is 5.61. The van der Waals surface area contributed by atoms with E-state index in [1.54, 1.807) is 0 Å². The summed E-state index contributed by atoms with van der Waals surface area (Å²) in [6, 6.07) is 3.96. The van der Waals surface area contributed by atoms with Crippen molar-refractivity contribution in [3.8, 4) is 0 Å². The van der Waals surface area contributed by atoms with Gasteiger partial charge in [0.15, 0.2) is 11.6 Å². The standard InChI is InChI=1S/C13H6ClF4NO/c14-6-1-2-8(15)7(3-6)13(20)19-12-5-10(17)9(16)4-11(12)18/h1-5H,(H,19,20). The third-order valence-electron chi connectivity index (χ3n) is 2.43. The van der Waals surface area contributed by atoms with Crippen molar-refractivity contribution in [1.29, 1.82) is 0 Å². The monoisotopic (exact) mass is 303 g/mol. The zero-order valence-corrected chi connectivity index (χ0v) is 10.4. The minimum Gasteiger partial charge on any atom is -0.319 e. The number of halogens is 5. The summed E-state index contributed by atoms with van der Waals surface area (Å²) in [4.78, 5) is 11.7. The van der Waals surface area contributed by atoms with Gasteiger partial charge in [-0.05, 0) is 18.2 Å². The highest BCUT2D eigenvalue weighted by molar-refractivity contribution is 6.31. The quantitative estimate of drug-likeness (QED) is 0.655. The minimum atomic E-state index is -1.39. The molecule has 1 N–H and O–H groups in total. The molecular weight excluding hydrogens is 298 g/mol. The van der Waals surface area contributed by atoms with Gasteiger partial charge in [0.05, 0.1) is 11.3 Å². The van der Waals surface area contributed by atoms with Crippen LogP contribution < -0.4 is 5.32 Å². The number of hydrogen-bond donors (Lipinski definition) is 1. The lowest BCUT2D eigenvalue weighted by Gasteiger charge is -2.08. The highest BCUT2D eigenvalue weighted by atomic mass is 35.5. The van der Waals surface area contributed by atoms with Crippen LogP contribution in [0, 0.1) is 23.3 Å². The molecule has 0 unspecified atom stereocenters. The van der Waals surface area contributed by atoms with Crippen molar-refractivity contribution in [3.05, 3.63) is 64.2 Å². The van der Waals surface area contributed by atoms with Crippen LogP contribution in [0.1, 0.15) is 10.4 Å². The molecule has 7 heteroatoms. The maximum atomic E-state index is 13.4. The predicted octanol–water partition coefficient (Wildman–Crippen LogP) is 4.15. The van der Waals surface area contributed by atoms with Gasteiger partial charge >= 0.3 is 0 Å². The second-order valence-corrected chi connectivity index (χ2v) is 4.26. The molecule has 0 aromatic heterocycles. The van der Waals surface area contributed by atoms with Crippen LogP contribution in [-0.4, -0.2) is 5.91 Å². The van der Waals surface area contributed by atoms with E-state index >= 15 is 0 Å². The Hall–Kier alpha value is -2.08. The van der Waals surface area contributed by atoms with Crippen molar-refractivity contribution in [2.45, 2.75) is 0 Å². The third-order valence-corrected chi connectivity index (χ3v) is 2.67. The molecule has 0 spiro atoms. The van der Waals surface area contributed by atoms with Crippen molar-refractivity contribution >= 4 is 23.2 Å². The van der Waals surface area contributed by atoms with E-state index in [1.165, 1.54) is 6.07 Å². The molecule has 0 saturated carbocycles. The first-order valence-electron chi connectivity index (χ1n) is 5.29. The van der Waals surface area contributed by atoms with Crippen LogP contribution in [-0.2, 0) is 0 Å². The van der Waals surface area contributed by atoms with Gasteiger partial charge in [0.2, 0.25) is 0 Å². The molecule has 2 rings (SSSR count). The Kier molecular flexibility index (Phi) is 3.94. The van der Waals surface area contributed by atoms with Crippen LogP contribution in [0.25, 0.3) is 0 Å². The van der Waals surface area contributed by atoms with Crippen molar-refractivity contribution in [1.82, 2.24) is 0 Å². The van der Waals surface area contributed by atoms with Crippen LogP contribution >= 0.6 is 11.6 Å². The second kappa shape index (κ2) is 5.50. The lowest BCUT2D eigenvalue weighted by atomic mass is 10.2. The smallest absolute Gasteiger partial charge is 0.258 e. The maximum absolute atomic E-state index is 13.4. The first-order valence-corrected chi connectivity index (χ1v) is 5.67. The molecular formula is C13H6ClF4NO. The number of hydrogen-bond acceptors (Lipinski definition) is 1. The zero-order valence-electron chi connectivity index (χ0n) is 9.68. The Morgan fingerprint density at radius 2 is 1.55 bits per heavy atom. The topological polar surface area (TPSA) is 29.1 Å². The summed E-state index contributed by atoms with van der Waals surface area (Å²) in [5.74, 6) is -5.83. The maximum Gasteiger partial charge on any atom is 0.258 e. The average molecular weight is 304 g/mol. The lowest BCUT2D eigenvalue weighted by Crippen LogP contribution is -2.15. The number of amides is 1. The molecule has 2 aromatic carbocycles. The van der Waals surface area contributed by atoms with Gasteiger partial charge in [-0.1, -0.05) is 11.6 Å². The first-order chi connectivity index (χ1) is 9.38. The van der Waals surface area contributed by atoms with Gasteiger partial charge in [-0.3, -0.25) is 4.79 Å². The van der Waals surface area contributed by atoms with Crippen LogP contribution in [0.15, 0.2) is 30.3 Å². The Balaban J connectivity index is 2.32. The van der Waals surface area contributed by atoms with E-state index in [0.717, 1.165) is 12.1 Å². The first kappa shape index (κ1) is 14.3.